The molecular formula is C16H12N4OS. The first-order chi connectivity index (χ1) is 10.8. The number of benzene rings is 1. The van der Waals surface area contributed by atoms with Gasteiger partial charge in [0.2, 0.25) is 0 Å². The van der Waals surface area contributed by atoms with Crippen LogP contribution >= 0.6 is 11.3 Å². The highest BCUT2D eigenvalue weighted by Crippen LogP contribution is 2.30. The molecule has 0 aliphatic heterocycles. The number of aromatic nitrogens is 4. The van der Waals surface area contributed by atoms with E-state index in [1.54, 1.807) is 12.5 Å². The third-order valence-corrected chi connectivity index (χ3v) is 4.48. The van der Waals surface area contributed by atoms with Gasteiger partial charge in [-0.1, -0.05) is 30.3 Å². The summed E-state index contributed by atoms with van der Waals surface area (Å²) in [4.78, 5) is 25.5. The van der Waals surface area contributed by atoms with Gasteiger partial charge in [-0.3, -0.25) is 4.79 Å². The lowest BCUT2D eigenvalue weighted by Crippen LogP contribution is -2.12. The minimum atomic E-state index is -0.0986. The van der Waals surface area contributed by atoms with Crippen molar-refractivity contribution in [2.75, 3.05) is 0 Å². The molecule has 0 atom stereocenters. The lowest BCUT2D eigenvalue weighted by molar-refractivity contribution is 0.745. The van der Waals surface area contributed by atoms with Crippen LogP contribution in [-0.4, -0.2) is 19.5 Å². The number of aromatic amines is 1. The molecule has 3 heterocycles. The van der Waals surface area contributed by atoms with E-state index in [-0.39, 0.29) is 5.56 Å². The van der Waals surface area contributed by atoms with E-state index in [2.05, 4.69) is 15.0 Å². The van der Waals surface area contributed by atoms with E-state index in [0.29, 0.717) is 17.8 Å². The van der Waals surface area contributed by atoms with Gasteiger partial charge in [0.1, 0.15) is 10.7 Å². The maximum atomic E-state index is 12.3. The summed E-state index contributed by atoms with van der Waals surface area (Å²) in [5, 5.41) is 0.637. The molecule has 0 fully saturated rings. The van der Waals surface area contributed by atoms with Gasteiger partial charge in [-0.15, -0.1) is 11.3 Å². The summed E-state index contributed by atoms with van der Waals surface area (Å²) >= 11 is 1.54. The van der Waals surface area contributed by atoms with Crippen LogP contribution in [0.2, 0.25) is 0 Å². The van der Waals surface area contributed by atoms with Crippen molar-refractivity contribution in [2.45, 2.75) is 6.54 Å². The molecule has 108 valence electrons. The number of nitrogens with zero attached hydrogens (tertiary/aromatic N) is 3. The van der Waals surface area contributed by atoms with Gasteiger partial charge in [-0.05, 0) is 11.6 Å². The van der Waals surface area contributed by atoms with Crippen molar-refractivity contribution >= 4 is 21.6 Å². The Labute approximate surface area is 129 Å². The van der Waals surface area contributed by atoms with Gasteiger partial charge in [0.05, 0.1) is 18.3 Å². The van der Waals surface area contributed by atoms with Gasteiger partial charge in [-0.2, -0.15) is 0 Å². The number of imidazole rings is 1. The van der Waals surface area contributed by atoms with Gasteiger partial charge in [0.25, 0.3) is 5.56 Å². The summed E-state index contributed by atoms with van der Waals surface area (Å²) in [5.74, 6) is 0.636. The summed E-state index contributed by atoms with van der Waals surface area (Å²) in [6.07, 6.45) is 5.25. The summed E-state index contributed by atoms with van der Waals surface area (Å²) in [5.41, 5.74) is 1.000. The quantitative estimate of drug-likeness (QED) is 0.633. The van der Waals surface area contributed by atoms with E-state index in [0.717, 1.165) is 15.3 Å². The molecule has 0 unspecified atom stereocenters. The van der Waals surface area contributed by atoms with Gasteiger partial charge < -0.3 is 9.55 Å². The van der Waals surface area contributed by atoms with Crippen molar-refractivity contribution in [3.05, 3.63) is 71.3 Å². The third kappa shape index (κ3) is 2.33. The Bertz CT molecular complexity index is 970. The molecule has 6 heteroatoms. The average Bonchev–Trinajstić information content (AvgIpc) is 3.18. The molecule has 0 spiro atoms. The largest absolute Gasteiger partial charge is 0.330 e. The first-order valence-corrected chi connectivity index (χ1v) is 7.65. The Balaban J connectivity index is 1.79. The fraction of sp³-hybridized carbons (Fsp3) is 0.0625. The van der Waals surface area contributed by atoms with Gasteiger partial charge in [0, 0.05) is 17.3 Å². The summed E-state index contributed by atoms with van der Waals surface area (Å²) in [7, 11) is 0. The van der Waals surface area contributed by atoms with E-state index < -0.39 is 0 Å². The highest BCUT2D eigenvalue weighted by atomic mass is 32.1. The number of hydrogen-bond acceptors (Lipinski definition) is 4. The van der Waals surface area contributed by atoms with Crippen molar-refractivity contribution in [3.63, 3.8) is 0 Å². The Morgan fingerprint density at radius 1 is 1.23 bits per heavy atom. The summed E-state index contributed by atoms with van der Waals surface area (Å²) < 4.78 is 1.87. The minimum Gasteiger partial charge on any atom is -0.330 e. The zero-order valence-electron chi connectivity index (χ0n) is 11.6. The molecule has 0 radical (unpaired) electrons. The number of thiophene rings is 1. The highest BCUT2D eigenvalue weighted by Gasteiger charge is 2.10. The first-order valence-electron chi connectivity index (χ1n) is 6.83. The van der Waals surface area contributed by atoms with Crippen LogP contribution in [0.25, 0.3) is 20.7 Å². The second-order valence-electron chi connectivity index (χ2n) is 4.94. The number of fused-ring (bicyclic) bond motifs is 1. The van der Waals surface area contributed by atoms with Crippen LogP contribution in [0.1, 0.15) is 5.82 Å². The number of nitrogens with one attached hydrogen (secondary N) is 1. The number of rotatable bonds is 3. The fourth-order valence-corrected chi connectivity index (χ4v) is 3.41. The molecule has 5 nitrogen and oxygen atoms in total. The van der Waals surface area contributed by atoms with Crippen LogP contribution in [0.3, 0.4) is 0 Å². The van der Waals surface area contributed by atoms with Crippen molar-refractivity contribution in [3.8, 4) is 10.4 Å². The normalized spacial score (nSPS) is 11.1. The van der Waals surface area contributed by atoms with Crippen LogP contribution in [0, 0.1) is 0 Å². The first kappa shape index (κ1) is 13.0. The smallest absolute Gasteiger partial charge is 0.259 e. The Morgan fingerprint density at radius 3 is 2.86 bits per heavy atom. The van der Waals surface area contributed by atoms with Gasteiger partial charge in [-0.25, -0.2) is 9.97 Å². The van der Waals surface area contributed by atoms with Crippen molar-refractivity contribution in [1.82, 2.24) is 19.5 Å². The zero-order chi connectivity index (χ0) is 14.9. The lowest BCUT2D eigenvalue weighted by Gasteiger charge is -2.01. The molecule has 0 bridgehead atoms. The van der Waals surface area contributed by atoms with Crippen LogP contribution in [0.5, 0.6) is 0 Å². The standard InChI is InChI=1S/C16H12N4OS/c21-15-12-8-13(11-4-2-1-3-5-11)22-16(12)19-14(18-15)9-20-7-6-17-10-20/h1-8,10H,9H2,(H,18,19,21). The van der Waals surface area contributed by atoms with Gasteiger partial charge in [0.15, 0.2) is 0 Å². The molecule has 1 aromatic carbocycles. The lowest BCUT2D eigenvalue weighted by atomic mass is 10.2. The second-order valence-corrected chi connectivity index (χ2v) is 5.97. The van der Waals surface area contributed by atoms with E-state index in [9.17, 15) is 4.79 Å². The van der Waals surface area contributed by atoms with Crippen LogP contribution in [0.4, 0.5) is 0 Å². The predicted molar refractivity (Wildman–Crippen MR) is 87.0 cm³/mol. The molecule has 0 aliphatic rings. The predicted octanol–water partition coefficient (Wildman–Crippen LogP) is 2.90. The Hall–Kier alpha value is -2.73. The monoisotopic (exact) mass is 308 g/mol. The third-order valence-electron chi connectivity index (χ3n) is 3.40. The summed E-state index contributed by atoms with van der Waals surface area (Å²) in [6.45, 7) is 0.504. The van der Waals surface area contributed by atoms with Crippen LogP contribution in [-0.2, 0) is 6.54 Å². The van der Waals surface area contributed by atoms with Crippen LogP contribution < -0.4 is 5.56 Å². The van der Waals surface area contributed by atoms with E-state index in [4.69, 9.17) is 0 Å². The molecular weight excluding hydrogens is 296 g/mol. The summed E-state index contributed by atoms with van der Waals surface area (Å²) in [6, 6.07) is 11.9. The molecule has 0 saturated heterocycles. The Morgan fingerprint density at radius 2 is 2.09 bits per heavy atom. The molecule has 22 heavy (non-hydrogen) atoms. The van der Waals surface area contributed by atoms with E-state index in [1.165, 1.54) is 11.3 Å². The van der Waals surface area contributed by atoms with E-state index >= 15 is 0 Å². The molecule has 3 aromatic heterocycles. The molecule has 4 rings (SSSR count). The maximum Gasteiger partial charge on any atom is 0.259 e. The number of H-pyrrole nitrogens is 1. The van der Waals surface area contributed by atoms with Crippen molar-refractivity contribution in [2.24, 2.45) is 0 Å². The fourth-order valence-electron chi connectivity index (χ4n) is 2.35. The van der Waals surface area contributed by atoms with Crippen LogP contribution in [0.15, 0.2) is 59.9 Å². The second kappa shape index (κ2) is 5.23. The molecule has 0 amide bonds. The SMILES string of the molecule is O=c1[nH]c(Cn2ccnc2)nc2sc(-c3ccccc3)cc12. The Kier molecular flexibility index (Phi) is 3.08. The molecule has 0 aliphatic carbocycles. The highest BCUT2D eigenvalue weighted by molar-refractivity contribution is 7.21. The number of hydrogen-bond donors (Lipinski definition) is 1. The zero-order valence-corrected chi connectivity index (χ0v) is 12.4. The van der Waals surface area contributed by atoms with Crippen molar-refractivity contribution in [1.29, 1.82) is 0 Å². The topological polar surface area (TPSA) is 63.6 Å². The van der Waals surface area contributed by atoms with E-state index in [1.807, 2.05) is 47.2 Å². The molecule has 4 aromatic rings. The molecule has 1 N–H and O–H groups in total. The van der Waals surface area contributed by atoms with Crippen molar-refractivity contribution < 1.29 is 0 Å². The minimum absolute atomic E-state index is 0.0986. The average molecular weight is 308 g/mol. The maximum absolute atomic E-state index is 12.3. The molecule has 0 saturated carbocycles. The van der Waals surface area contributed by atoms with Gasteiger partial charge >= 0.3 is 0 Å².